The molecule has 1 fully saturated rings. The molecule has 1 atom stereocenters. The topological polar surface area (TPSA) is 65.8 Å². The van der Waals surface area contributed by atoms with Crippen LogP contribution in [0.1, 0.15) is 35.4 Å². The van der Waals surface area contributed by atoms with E-state index in [1.807, 2.05) is 26.0 Å². The highest BCUT2D eigenvalue weighted by atomic mass is 16.5. The highest BCUT2D eigenvalue weighted by Crippen LogP contribution is 2.29. The zero-order chi connectivity index (χ0) is 17.6. The molecule has 0 amide bonds. The average Bonchev–Trinajstić information content (AvgIpc) is 2.97. The van der Waals surface area contributed by atoms with Gasteiger partial charge >= 0.3 is 0 Å². The first-order chi connectivity index (χ1) is 12.2. The van der Waals surface area contributed by atoms with Gasteiger partial charge in [-0.15, -0.1) is 0 Å². The largest absolute Gasteiger partial charge is 0.493 e. The molecular weight excluding hydrogens is 320 g/mol. The lowest BCUT2D eigenvalue weighted by Gasteiger charge is -2.23. The number of hydrogen-bond acceptors (Lipinski definition) is 6. The van der Waals surface area contributed by atoms with Crippen molar-refractivity contribution in [2.75, 3.05) is 20.3 Å². The molecule has 0 spiro atoms. The summed E-state index contributed by atoms with van der Waals surface area (Å²) >= 11 is 0. The molecular formula is C19H26N2O4. The third-order valence-electron chi connectivity index (χ3n) is 4.54. The second-order valence-corrected chi connectivity index (χ2v) is 6.37. The molecule has 3 rings (SSSR count). The molecule has 6 nitrogen and oxygen atoms in total. The number of ether oxygens (including phenoxy) is 3. The van der Waals surface area contributed by atoms with Crippen LogP contribution in [0.3, 0.4) is 0 Å². The normalized spacial score (nSPS) is 17.5. The van der Waals surface area contributed by atoms with Crippen molar-refractivity contribution in [2.45, 2.75) is 45.9 Å². The molecule has 1 saturated heterocycles. The van der Waals surface area contributed by atoms with E-state index >= 15 is 0 Å². The minimum atomic E-state index is 0.411. The molecule has 2 heterocycles. The smallest absolute Gasteiger partial charge is 0.161 e. The maximum Gasteiger partial charge on any atom is 0.161 e. The summed E-state index contributed by atoms with van der Waals surface area (Å²) < 4.78 is 22.1. The van der Waals surface area contributed by atoms with Gasteiger partial charge in [0.05, 0.1) is 25.0 Å². The van der Waals surface area contributed by atoms with Crippen molar-refractivity contribution < 1.29 is 18.7 Å². The molecule has 0 aliphatic carbocycles. The van der Waals surface area contributed by atoms with Crippen LogP contribution in [0.5, 0.6) is 11.5 Å². The van der Waals surface area contributed by atoms with Crippen LogP contribution in [-0.2, 0) is 17.9 Å². The fraction of sp³-hybridized carbons (Fsp3) is 0.526. The summed E-state index contributed by atoms with van der Waals surface area (Å²) in [5.74, 6) is 2.23. The van der Waals surface area contributed by atoms with Gasteiger partial charge in [0.1, 0.15) is 12.4 Å². The first kappa shape index (κ1) is 17.8. The monoisotopic (exact) mass is 346 g/mol. The maximum absolute atomic E-state index is 5.92. The van der Waals surface area contributed by atoms with E-state index < -0.39 is 0 Å². The number of nitrogens with one attached hydrogen (secondary N) is 1. The molecule has 0 radical (unpaired) electrons. The predicted molar refractivity (Wildman–Crippen MR) is 94.0 cm³/mol. The molecule has 1 aliphatic heterocycles. The number of methoxy groups -OCH3 is 1. The van der Waals surface area contributed by atoms with Crippen molar-refractivity contribution in [3.63, 3.8) is 0 Å². The lowest BCUT2D eigenvalue weighted by atomic mass is 10.1. The Morgan fingerprint density at radius 3 is 2.84 bits per heavy atom. The van der Waals surface area contributed by atoms with E-state index in [4.69, 9.17) is 18.7 Å². The average molecular weight is 346 g/mol. The van der Waals surface area contributed by atoms with E-state index in [-0.39, 0.29) is 0 Å². The molecule has 2 aromatic rings. The van der Waals surface area contributed by atoms with Crippen molar-refractivity contribution in [1.82, 2.24) is 10.5 Å². The van der Waals surface area contributed by atoms with Crippen LogP contribution >= 0.6 is 0 Å². The van der Waals surface area contributed by atoms with Crippen LogP contribution in [0.4, 0.5) is 0 Å². The molecule has 1 unspecified atom stereocenters. The molecule has 6 heteroatoms. The number of rotatable bonds is 7. The Morgan fingerprint density at radius 2 is 2.16 bits per heavy atom. The lowest BCUT2D eigenvalue weighted by molar-refractivity contribution is 0.0699. The molecule has 1 aliphatic rings. The van der Waals surface area contributed by atoms with Crippen molar-refractivity contribution in [2.24, 2.45) is 0 Å². The van der Waals surface area contributed by atoms with Crippen LogP contribution in [0, 0.1) is 13.8 Å². The van der Waals surface area contributed by atoms with E-state index in [1.165, 1.54) is 0 Å². The minimum absolute atomic E-state index is 0.411. The highest BCUT2D eigenvalue weighted by molar-refractivity contribution is 5.43. The molecule has 25 heavy (non-hydrogen) atoms. The number of nitrogens with zero attached hydrogens (tertiary/aromatic N) is 1. The Hall–Kier alpha value is -2.05. The maximum atomic E-state index is 5.92. The first-order valence-corrected chi connectivity index (χ1v) is 8.70. The van der Waals surface area contributed by atoms with Crippen LogP contribution in [0.25, 0.3) is 0 Å². The molecule has 1 aromatic heterocycles. The predicted octanol–water partition coefficient (Wildman–Crippen LogP) is 3.15. The Kier molecular flexibility index (Phi) is 5.94. The Labute approximate surface area is 148 Å². The van der Waals surface area contributed by atoms with Crippen LogP contribution < -0.4 is 14.8 Å². The Bertz CT molecular complexity index is 673. The van der Waals surface area contributed by atoms with Gasteiger partial charge in [-0.25, -0.2) is 0 Å². The Balaban J connectivity index is 1.61. The molecule has 0 bridgehead atoms. The van der Waals surface area contributed by atoms with Gasteiger partial charge in [0.25, 0.3) is 0 Å². The van der Waals surface area contributed by atoms with E-state index in [0.717, 1.165) is 60.9 Å². The summed E-state index contributed by atoms with van der Waals surface area (Å²) in [6.07, 6.45) is 2.28. The SMILES string of the molecule is COc1cc(CNC2CCCOC2)ccc1OCc1c(C)noc1C. The van der Waals surface area contributed by atoms with Gasteiger partial charge in [-0.05, 0) is 44.4 Å². The van der Waals surface area contributed by atoms with Gasteiger partial charge in [-0.3, -0.25) is 0 Å². The van der Waals surface area contributed by atoms with Crippen molar-refractivity contribution in [3.8, 4) is 11.5 Å². The number of benzene rings is 1. The van der Waals surface area contributed by atoms with Crippen LogP contribution in [0.2, 0.25) is 0 Å². The third kappa shape index (κ3) is 4.52. The summed E-state index contributed by atoms with van der Waals surface area (Å²) in [4.78, 5) is 0. The quantitative estimate of drug-likeness (QED) is 0.831. The van der Waals surface area contributed by atoms with Crippen molar-refractivity contribution in [3.05, 3.63) is 40.8 Å². The van der Waals surface area contributed by atoms with E-state index in [9.17, 15) is 0 Å². The van der Waals surface area contributed by atoms with Gasteiger partial charge in [0.15, 0.2) is 11.5 Å². The molecule has 0 saturated carbocycles. The molecule has 136 valence electrons. The van der Waals surface area contributed by atoms with Gasteiger partial charge in [0, 0.05) is 19.2 Å². The fourth-order valence-electron chi connectivity index (χ4n) is 2.96. The number of hydrogen-bond donors (Lipinski definition) is 1. The third-order valence-corrected chi connectivity index (χ3v) is 4.54. The summed E-state index contributed by atoms with van der Waals surface area (Å²) in [5, 5.41) is 7.49. The first-order valence-electron chi connectivity index (χ1n) is 8.70. The Morgan fingerprint density at radius 1 is 1.28 bits per heavy atom. The second kappa shape index (κ2) is 8.36. The van der Waals surface area contributed by atoms with E-state index in [0.29, 0.717) is 18.4 Å². The zero-order valence-corrected chi connectivity index (χ0v) is 15.1. The number of aromatic nitrogens is 1. The van der Waals surface area contributed by atoms with Gasteiger partial charge < -0.3 is 24.1 Å². The summed E-state index contributed by atoms with van der Waals surface area (Å²) in [6, 6.07) is 6.45. The van der Waals surface area contributed by atoms with Crippen LogP contribution in [-0.4, -0.2) is 31.5 Å². The summed E-state index contributed by atoms with van der Waals surface area (Å²) in [6.45, 7) is 6.66. The standard InChI is InChI=1S/C19H26N2O4/c1-13-17(14(2)25-21-13)12-24-18-7-6-15(9-19(18)22-3)10-20-16-5-4-8-23-11-16/h6-7,9,16,20H,4-5,8,10-12H2,1-3H3. The van der Waals surface area contributed by atoms with Crippen molar-refractivity contribution >= 4 is 0 Å². The number of aryl methyl sites for hydroxylation is 2. The summed E-state index contributed by atoms with van der Waals surface area (Å²) in [5.41, 5.74) is 2.99. The van der Waals surface area contributed by atoms with Crippen LogP contribution in [0.15, 0.2) is 22.7 Å². The minimum Gasteiger partial charge on any atom is -0.493 e. The fourth-order valence-corrected chi connectivity index (χ4v) is 2.96. The highest BCUT2D eigenvalue weighted by Gasteiger charge is 2.14. The van der Waals surface area contributed by atoms with E-state index in [1.54, 1.807) is 7.11 Å². The zero-order valence-electron chi connectivity index (χ0n) is 15.1. The van der Waals surface area contributed by atoms with Gasteiger partial charge in [-0.1, -0.05) is 11.2 Å². The van der Waals surface area contributed by atoms with E-state index in [2.05, 4.69) is 16.5 Å². The van der Waals surface area contributed by atoms with Gasteiger partial charge in [-0.2, -0.15) is 0 Å². The summed E-state index contributed by atoms with van der Waals surface area (Å²) in [7, 11) is 1.66. The van der Waals surface area contributed by atoms with Crippen molar-refractivity contribution in [1.29, 1.82) is 0 Å². The lowest BCUT2D eigenvalue weighted by Crippen LogP contribution is -2.36. The molecule has 1 aromatic carbocycles. The second-order valence-electron chi connectivity index (χ2n) is 6.37. The van der Waals surface area contributed by atoms with Gasteiger partial charge in [0.2, 0.25) is 0 Å². The molecule has 1 N–H and O–H groups in total.